The molecule has 0 spiro atoms. The first kappa shape index (κ1) is 17.2. The van der Waals surface area contributed by atoms with E-state index in [1.165, 1.54) is 5.56 Å². The van der Waals surface area contributed by atoms with Crippen LogP contribution in [-0.4, -0.2) is 27.4 Å². The lowest BCUT2D eigenvalue weighted by atomic mass is 9.87. The van der Waals surface area contributed by atoms with Crippen molar-refractivity contribution in [2.75, 3.05) is 0 Å². The lowest BCUT2D eigenvalue weighted by Gasteiger charge is -2.25. The molecule has 1 aliphatic heterocycles. The maximum atomic E-state index is 11.1. The predicted molar refractivity (Wildman–Crippen MR) is 103 cm³/mol. The summed E-state index contributed by atoms with van der Waals surface area (Å²) in [6.45, 7) is 0.406. The number of ether oxygens (including phenoxy) is 1. The highest BCUT2D eigenvalue weighted by molar-refractivity contribution is 5.78. The third-order valence-electron chi connectivity index (χ3n) is 5.37. The Kier molecular flexibility index (Phi) is 4.22. The third-order valence-corrected chi connectivity index (χ3v) is 5.37. The summed E-state index contributed by atoms with van der Waals surface area (Å²) in [5, 5.41) is 11.8. The monoisotopic (exact) mass is 376 g/mol. The quantitative estimate of drug-likeness (QED) is 0.682. The molecule has 0 radical (unpaired) electrons. The summed E-state index contributed by atoms with van der Waals surface area (Å²) in [4.78, 5) is 21.0. The van der Waals surface area contributed by atoms with E-state index in [0.29, 0.717) is 6.61 Å². The van der Waals surface area contributed by atoms with Crippen molar-refractivity contribution >= 4 is 16.9 Å². The summed E-state index contributed by atoms with van der Waals surface area (Å²) in [7, 11) is 0. The molecular weight excluding hydrogens is 356 g/mol. The summed E-state index contributed by atoms with van der Waals surface area (Å²) in [6.07, 6.45) is 2.05. The van der Waals surface area contributed by atoms with E-state index in [2.05, 4.69) is 17.1 Å². The van der Waals surface area contributed by atoms with E-state index in [1.54, 1.807) is 5.06 Å². The maximum Gasteiger partial charge on any atom is 0.352 e. The lowest BCUT2D eigenvalue weighted by molar-refractivity contribution is -0.138. The first-order chi connectivity index (χ1) is 13.7. The maximum absolute atomic E-state index is 11.1. The van der Waals surface area contributed by atoms with Gasteiger partial charge < -0.3 is 9.84 Å². The number of hydroxylamine groups is 2. The van der Waals surface area contributed by atoms with Gasteiger partial charge in [-0.2, -0.15) is 0 Å². The van der Waals surface area contributed by atoms with Crippen LogP contribution >= 0.6 is 0 Å². The van der Waals surface area contributed by atoms with Crippen molar-refractivity contribution in [2.45, 2.75) is 38.1 Å². The van der Waals surface area contributed by atoms with Crippen LogP contribution in [0.2, 0.25) is 0 Å². The number of carboxylic acid groups (broad SMARTS) is 1. The van der Waals surface area contributed by atoms with Crippen LogP contribution in [0.25, 0.3) is 10.9 Å². The molecule has 6 nitrogen and oxygen atoms in total. The van der Waals surface area contributed by atoms with Crippen molar-refractivity contribution < 1.29 is 19.5 Å². The molecule has 0 bridgehead atoms. The first-order valence-electron chi connectivity index (χ1n) is 9.47. The van der Waals surface area contributed by atoms with Crippen LogP contribution in [0.1, 0.15) is 35.7 Å². The molecule has 1 N–H and O–H groups in total. The minimum atomic E-state index is -0.935. The van der Waals surface area contributed by atoms with Crippen LogP contribution in [0, 0.1) is 0 Å². The minimum Gasteiger partial charge on any atom is -0.487 e. The van der Waals surface area contributed by atoms with Gasteiger partial charge >= 0.3 is 5.97 Å². The second-order valence-electron chi connectivity index (χ2n) is 7.21. The Hall–Kier alpha value is -2.96. The average molecular weight is 376 g/mol. The number of benzene rings is 2. The topological polar surface area (TPSA) is 75.0 Å². The zero-order valence-corrected chi connectivity index (χ0v) is 15.2. The molecule has 3 unspecified atom stereocenters. The Labute approximate surface area is 162 Å². The SMILES string of the molecule is O=C(O)C1ON1C1CCCc2cc(OCc3ccc4ccccc4n3)ccc21. The van der Waals surface area contributed by atoms with Crippen molar-refractivity contribution in [1.29, 1.82) is 0 Å². The number of hydrogen-bond donors (Lipinski definition) is 1. The molecule has 6 heteroatoms. The summed E-state index contributed by atoms with van der Waals surface area (Å²) >= 11 is 0. The number of nitrogens with zero attached hydrogens (tertiary/aromatic N) is 2. The molecule has 1 fully saturated rings. The molecular formula is C22H20N2O4. The number of aliphatic carboxylic acids is 1. The Balaban J connectivity index is 1.31. The molecule has 142 valence electrons. The Morgan fingerprint density at radius 1 is 1.21 bits per heavy atom. The zero-order chi connectivity index (χ0) is 19.1. The van der Waals surface area contributed by atoms with Crippen molar-refractivity contribution in [2.24, 2.45) is 0 Å². The van der Waals surface area contributed by atoms with Crippen LogP contribution in [0.15, 0.2) is 54.6 Å². The molecule has 28 heavy (non-hydrogen) atoms. The largest absolute Gasteiger partial charge is 0.487 e. The van der Waals surface area contributed by atoms with E-state index >= 15 is 0 Å². The predicted octanol–water partition coefficient (Wildman–Crippen LogP) is 3.85. The summed E-state index contributed by atoms with van der Waals surface area (Å²) in [5.41, 5.74) is 4.17. The minimum absolute atomic E-state index is 0.000976. The molecule has 1 saturated heterocycles. The summed E-state index contributed by atoms with van der Waals surface area (Å²) < 4.78 is 5.98. The number of carbonyl (C=O) groups is 1. The highest BCUT2D eigenvalue weighted by Crippen LogP contribution is 2.42. The molecule has 1 aromatic heterocycles. The van der Waals surface area contributed by atoms with Crippen molar-refractivity contribution in [3.8, 4) is 5.75 Å². The van der Waals surface area contributed by atoms with Crippen molar-refractivity contribution in [1.82, 2.24) is 10.0 Å². The highest BCUT2D eigenvalue weighted by Gasteiger charge is 2.49. The second-order valence-corrected chi connectivity index (χ2v) is 7.21. The molecule has 2 aromatic carbocycles. The van der Waals surface area contributed by atoms with Crippen LogP contribution in [0.3, 0.4) is 0 Å². The standard InChI is InChI=1S/C22H20N2O4/c25-22(26)21-24(28-21)20-7-3-5-15-12-17(10-11-18(15)20)27-13-16-9-8-14-4-1-2-6-19(14)23-16/h1-2,4,6,8-12,20-21H,3,5,7,13H2,(H,25,26). The van der Waals surface area contributed by atoms with Crippen LogP contribution in [0.4, 0.5) is 0 Å². The molecule has 1 aliphatic carbocycles. The van der Waals surface area contributed by atoms with E-state index in [4.69, 9.17) is 14.7 Å². The van der Waals surface area contributed by atoms with Gasteiger partial charge in [0.15, 0.2) is 0 Å². The smallest absolute Gasteiger partial charge is 0.352 e. The molecule has 5 rings (SSSR count). The van der Waals surface area contributed by atoms with Gasteiger partial charge in [0.2, 0.25) is 0 Å². The van der Waals surface area contributed by atoms with Gasteiger partial charge in [0, 0.05) is 5.39 Å². The van der Waals surface area contributed by atoms with E-state index < -0.39 is 12.2 Å². The van der Waals surface area contributed by atoms with E-state index in [9.17, 15) is 4.79 Å². The zero-order valence-electron chi connectivity index (χ0n) is 15.2. The number of carboxylic acids is 1. The van der Waals surface area contributed by atoms with Gasteiger partial charge in [-0.3, -0.25) is 4.84 Å². The molecule has 0 saturated carbocycles. The van der Waals surface area contributed by atoms with Crippen LogP contribution in [-0.2, 0) is 22.7 Å². The van der Waals surface area contributed by atoms with Gasteiger partial charge in [-0.15, -0.1) is 5.06 Å². The number of rotatable bonds is 5. The van der Waals surface area contributed by atoms with Gasteiger partial charge in [0.05, 0.1) is 17.3 Å². The average Bonchev–Trinajstić information content (AvgIpc) is 3.52. The Bertz CT molecular complexity index is 1050. The summed E-state index contributed by atoms with van der Waals surface area (Å²) in [5.74, 6) is -0.133. The molecule has 2 heterocycles. The van der Waals surface area contributed by atoms with Gasteiger partial charge in [0.25, 0.3) is 6.23 Å². The number of aromatic nitrogens is 1. The summed E-state index contributed by atoms with van der Waals surface area (Å²) in [6, 6.07) is 18.1. The fourth-order valence-electron chi connectivity index (χ4n) is 3.94. The molecule has 0 amide bonds. The Morgan fingerprint density at radius 3 is 2.96 bits per heavy atom. The van der Waals surface area contributed by atoms with Crippen molar-refractivity contribution in [3.05, 3.63) is 71.4 Å². The van der Waals surface area contributed by atoms with E-state index in [1.807, 2.05) is 42.5 Å². The van der Waals surface area contributed by atoms with Gasteiger partial charge in [-0.25, -0.2) is 9.78 Å². The van der Waals surface area contributed by atoms with E-state index in [-0.39, 0.29) is 6.04 Å². The van der Waals surface area contributed by atoms with Gasteiger partial charge in [-0.1, -0.05) is 30.3 Å². The molecule has 3 atom stereocenters. The lowest BCUT2D eigenvalue weighted by Crippen LogP contribution is -2.21. The van der Waals surface area contributed by atoms with Gasteiger partial charge in [-0.05, 0) is 54.7 Å². The normalized spacial score (nSPS) is 23.2. The molecule has 2 aliphatic rings. The van der Waals surface area contributed by atoms with Crippen LogP contribution < -0.4 is 4.74 Å². The number of pyridine rings is 1. The van der Waals surface area contributed by atoms with Crippen LogP contribution in [0.5, 0.6) is 5.75 Å². The number of para-hydroxylation sites is 1. The number of aryl methyl sites for hydroxylation is 1. The number of hydrogen-bond acceptors (Lipinski definition) is 5. The second kappa shape index (κ2) is 6.89. The molecule has 3 aromatic rings. The van der Waals surface area contributed by atoms with Crippen molar-refractivity contribution in [3.63, 3.8) is 0 Å². The first-order valence-corrected chi connectivity index (χ1v) is 9.47. The van der Waals surface area contributed by atoms with E-state index in [0.717, 1.165) is 47.2 Å². The highest BCUT2D eigenvalue weighted by atomic mass is 16.8. The number of fused-ring (bicyclic) bond motifs is 2. The fraction of sp³-hybridized carbons (Fsp3) is 0.273. The Morgan fingerprint density at radius 2 is 2.11 bits per heavy atom. The third kappa shape index (κ3) is 3.21. The van der Waals surface area contributed by atoms with Gasteiger partial charge in [0.1, 0.15) is 12.4 Å². The fourth-order valence-corrected chi connectivity index (χ4v) is 3.94.